The second kappa shape index (κ2) is 9.27. The molecule has 2 amide bonds. The van der Waals surface area contributed by atoms with Crippen LogP contribution in [0.4, 0.5) is 4.79 Å². The van der Waals surface area contributed by atoms with Gasteiger partial charge in [-0.15, -0.1) is 0 Å². The Morgan fingerprint density at radius 2 is 2.04 bits per heavy atom. The van der Waals surface area contributed by atoms with Crippen LogP contribution in [0, 0.1) is 5.92 Å². The van der Waals surface area contributed by atoms with Crippen molar-refractivity contribution in [2.45, 2.75) is 32.9 Å². The fourth-order valence-electron chi connectivity index (χ4n) is 2.92. The van der Waals surface area contributed by atoms with Gasteiger partial charge in [-0.1, -0.05) is 24.3 Å². The Labute approximate surface area is 143 Å². The summed E-state index contributed by atoms with van der Waals surface area (Å²) in [7, 11) is 1.65. The molecule has 0 saturated carbocycles. The second-order valence-electron chi connectivity index (χ2n) is 5.90. The Bertz CT molecular complexity index is 562. The summed E-state index contributed by atoms with van der Waals surface area (Å²) in [4.78, 5) is 25.9. The minimum Gasteiger partial charge on any atom is -0.450 e. The molecule has 6 heteroatoms. The van der Waals surface area contributed by atoms with Gasteiger partial charge in [0.15, 0.2) is 0 Å². The molecular formula is C18H26N2O4. The van der Waals surface area contributed by atoms with Gasteiger partial charge in [0.25, 0.3) is 0 Å². The van der Waals surface area contributed by atoms with Crippen LogP contribution in [0.2, 0.25) is 0 Å². The maximum Gasteiger partial charge on any atom is 0.409 e. The predicted octanol–water partition coefficient (Wildman–Crippen LogP) is 2.32. The van der Waals surface area contributed by atoms with Gasteiger partial charge in [-0.05, 0) is 30.9 Å². The van der Waals surface area contributed by atoms with E-state index >= 15 is 0 Å². The number of hydrogen-bond acceptors (Lipinski definition) is 4. The fourth-order valence-corrected chi connectivity index (χ4v) is 2.92. The van der Waals surface area contributed by atoms with Crippen LogP contribution in [0.3, 0.4) is 0 Å². The molecule has 1 heterocycles. The third-order valence-corrected chi connectivity index (χ3v) is 4.19. The molecule has 0 aromatic heterocycles. The van der Waals surface area contributed by atoms with Gasteiger partial charge in [0.1, 0.15) is 0 Å². The van der Waals surface area contributed by atoms with Crippen LogP contribution in [0.5, 0.6) is 0 Å². The van der Waals surface area contributed by atoms with Crippen LogP contribution in [0.15, 0.2) is 24.3 Å². The topological polar surface area (TPSA) is 67.9 Å². The Hall–Kier alpha value is -2.08. The summed E-state index contributed by atoms with van der Waals surface area (Å²) >= 11 is 0. The molecule has 0 bridgehead atoms. The molecule has 1 aliphatic heterocycles. The minimum atomic E-state index is -0.333. The number of carbonyl (C=O) groups excluding carboxylic acids is 2. The van der Waals surface area contributed by atoms with Gasteiger partial charge in [0.2, 0.25) is 5.91 Å². The summed E-state index contributed by atoms with van der Waals surface area (Å²) in [5, 5.41) is 2.99. The molecule has 1 saturated heterocycles. The van der Waals surface area contributed by atoms with Crippen LogP contribution in [-0.4, -0.2) is 43.7 Å². The number of piperidine rings is 1. The normalized spacial score (nSPS) is 17.4. The van der Waals surface area contributed by atoms with Crippen molar-refractivity contribution in [3.05, 3.63) is 35.4 Å². The van der Waals surface area contributed by atoms with Gasteiger partial charge in [-0.2, -0.15) is 0 Å². The molecule has 1 unspecified atom stereocenters. The lowest BCUT2D eigenvalue weighted by Crippen LogP contribution is -2.45. The quantitative estimate of drug-likeness (QED) is 0.867. The first kappa shape index (κ1) is 18.3. The van der Waals surface area contributed by atoms with Crippen molar-refractivity contribution in [3.63, 3.8) is 0 Å². The molecule has 0 radical (unpaired) electrons. The number of nitrogens with zero attached hydrogens (tertiary/aromatic N) is 1. The zero-order chi connectivity index (χ0) is 17.4. The Morgan fingerprint density at radius 1 is 1.29 bits per heavy atom. The first-order valence-corrected chi connectivity index (χ1v) is 8.40. The van der Waals surface area contributed by atoms with Gasteiger partial charge in [0, 0.05) is 26.7 Å². The zero-order valence-corrected chi connectivity index (χ0v) is 14.4. The zero-order valence-electron chi connectivity index (χ0n) is 14.4. The lowest BCUT2D eigenvalue weighted by molar-refractivity contribution is -0.126. The van der Waals surface area contributed by atoms with Gasteiger partial charge < -0.3 is 19.7 Å². The summed E-state index contributed by atoms with van der Waals surface area (Å²) in [6, 6.07) is 7.89. The van der Waals surface area contributed by atoms with Crippen LogP contribution in [-0.2, 0) is 27.4 Å². The smallest absolute Gasteiger partial charge is 0.409 e. The largest absolute Gasteiger partial charge is 0.450 e. The SMILES string of the molecule is CCOC(=O)N1CCCC(C(=O)NCc2ccccc2COC)C1. The molecule has 1 aromatic carbocycles. The maximum atomic E-state index is 12.4. The van der Waals surface area contributed by atoms with Crippen molar-refractivity contribution in [2.75, 3.05) is 26.8 Å². The predicted molar refractivity (Wildman–Crippen MR) is 90.3 cm³/mol. The first-order valence-electron chi connectivity index (χ1n) is 8.40. The van der Waals surface area contributed by atoms with Crippen LogP contribution < -0.4 is 5.32 Å². The number of methoxy groups -OCH3 is 1. The summed E-state index contributed by atoms with van der Waals surface area (Å²) in [5.41, 5.74) is 2.11. The number of ether oxygens (including phenoxy) is 2. The van der Waals surface area contributed by atoms with Gasteiger partial charge in [-0.25, -0.2) is 4.79 Å². The Balaban J connectivity index is 1.89. The molecular weight excluding hydrogens is 308 g/mol. The first-order chi connectivity index (χ1) is 11.7. The highest BCUT2D eigenvalue weighted by Gasteiger charge is 2.28. The highest BCUT2D eigenvalue weighted by Crippen LogP contribution is 2.18. The molecule has 1 N–H and O–H groups in total. The molecule has 0 spiro atoms. The summed E-state index contributed by atoms with van der Waals surface area (Å²) < 4.78 is 10.2. The summed E-state index contributed by atoms with van der Waals surface area (Å²) in [6.07, 6.45) is 1.28. The van der Waals surface area contributed by atoms with Crippen LogP contribution in [0.25, 0.3) is 0 Å². The molecule has 1 fully saturated rings. The number of carbonyl (C=O) groups is 2. The van der Waals surface area contributed by atoms with Gasteiger partial charge >= 0.3 is 6.09 Å². The Morgan fingerprint density at radius 3 is 2.75 bits per heavy atom. The van der Waals surface area contributed by atoms with Crippen LogP contribution in [0.1, 0.15) is 30.9 Å². The van der Waals surface area contributed by atoms with E-state index in [0.29, 0.717) is 32.8 Å². The molecule has 6 nitrogen and oxygen atoms in total. The van der Waals surface area contributed by atoms with E-state index in [4.69, 9.17) is 9.47 Å². The number of nitrogens with one attached hydrogen (secondary N) is 1. The van der Waals surface area contributed by atoms with Crippen molar-refractivity contribution in [1.29, 1.82) is 0 Å². The average Bonchev–Trinajstić information content (AvgIpc) is 2.61. The molecule has 1 atom stereocenters. The van der Waals surface area contributed by atoms with E-state index in [1.54, 1.807) is 18.9 Å². The third kappa shape index (κ3) is 4.96. The Kier molecular flexibility index (Phi) is 7.06. The van der Waals surface area contributed by atoms with E-state index in [9.17, 15) is 9.59 Å². The minimum absolute atomic E-state index is 0.0174. The van der Waals surface area contributed by atoms with E-state index in [-0.39, 0.29) is 17.9 Å². The summed E-state index contributed by atoms with van der Waals surface area (Å²) in [5.74, 6) is -0.200. The average molecular weight is 334 g/mol. The number of hydrogen-bond donors (Lipinski definition) is 1. The van der Waals surface area contributed by atoms with Crippen molar-refractivity contribution < 1.29 is 19.1 Å². The lowest BCUT2D eigenvalue weighted by Gasteiger charge is -2.31. The van der Waals surface area contributed by atoms with Crippen molar-refractivity contribution >= 4 is 12.0 Å². The van der Waals surface area contributed by atoms with E-state index in [1.807, 2.05) is 24.3 Å². The molecule has 24 heavy (non-hydrogen) atoms. The van der Waals surface area contributed by atoms with E-state index < -0.39 is 0 Å². The molecule has 1 aliphatic rings. The van der Waals surface area contributed by atoms with Crippen molar-refractivity contribution in [1.82, 2.24) is 10.2 Å². The maximum absolute atomic E-state index is 12.4. The third-order valence-electron chi connectivity index (χ3n) is 4.19. The van der Waals surface area contributed by atoms with Crippen molar-refractivity contribution in [3.8, 4) is 0 Å². The van der Waals surface area contributed by atoms with E-state index in [0.717, 1.165) is 24.0 Å². The van der Waals surface area contributed by atoms with Crippen LogP contribution >= 0.6 is 0 Å². The van der Waals surface area contributed by atoms with Gasteiger partial charge in [-0.3, -0.25) is 4.79 Å². The van der Waals surface area contributed by atoms with Gasteiger partial charge in [0.05, 0.1) is 19.1 Å². The lowest BCUT2D eigenvalue weighted by atomic mass is 9.97. The fraction of sp³-hybridized carbons (Fsp3) is 0.556. The molecule has 2 rings (SSSR count). The number of likely N-dealkylation sites (tertiary alicyclic amines) is 1. The number of amides is 2. The standard InChI is InChI=1S/C18H26N2O4/c1-3-24-18(22)20-10-6-9-15(12-20)17(21)19-11-14-7-4-5-8-16(14)13-23-2/h4-5,7-8,15H,3,6,9-13H2,1-2H3,(H,19,21). The molecule has 1 aromatic rings. The monoisotopic (exact) mass is 334 g/mol. The second-order valence-corrected chi connectivity index (χ2v) is 5.90. The summed E-state index contributed by atoms with van der Waals surface area (Å²) in [6.45, 7) is 4.19. The van der Waals surface area contributed by atoms with E-state index in [1.165, 1.54) is 0 Å². The highest BCUT2D eigenvalue weighted by molar-refractivity contribution is 5.80. The van der Waals surface area contributed by atoms with Crippen molar-refractivity contribution in [2.24, 2.45) is 5.92 Å². The van der Waals surface area contributed by atoms with E-state index in [2.05, 4.69) is 5.32 Å². The molecule has 132 valence electrons. The highest BCUT2D eigenvalue weighted by atomic mass is 16.6. The number of rotatable bonds is 6. The molecule has 0 aliphatic carbocycles. The number of benzene rings is 1.